The van der Waals surface area contributed by atoms with Crippen molar-refractivity contribution < 1.29 is 173 Å². The molecule has 0 aliphatic carbocycles. The Bertz CT molecular complexity index is 2060. The first-order chi connectivity index (χ1) is 39.7. The molecule has 84 heavy (non-hydrogen) atoms. The van der Waals surface area contributed by atoms with E-state index >= 15 is 0 Å². The minimum Gasteiger partial charge on any atom is -0.394 e. The van der Waals surface area contributed by atoms with Gasteiger partial charge in [0.1, 0.15) is 165 Å². The van der Waals surface area contributed by atoms with Crippen molar-refractivity contribution in [1.29, 1.82) is 0 Å². The molecule has 7 saturated heterocycles. The third kappa shape index (κ3) is 14.9. The Kier molecular flexibility index (Phi) is 24.6. The van der Waals surface area contributed by atoms with Crippen LogP contribution in [0.15, 0.2) is 0 Å². The number of rotatable bonds is 21. The molecule has 37 heteroatoms. The van der Waals surface area contributed by atoms with Gasteiger partial charge in [0.2, 0.25) is 11.8 Å². The first kappa shape index (κ1) is 69.1. The van der Waals surface area contributed by atoms with E-state index in [4.69, 9.17) is 61.6 Å². The summed E-state index contributed by atoms with van der Waals surface area (Å²) in [5, 5.41) is 221. The standard InChI is InChI=1S/C47H80N2O35/c1-11-21(48-12(2)55)28(62)38(17(7-53)74-11)81-42-22(49-13(3)56)29(63)39(18(8-54)78-42)82-47-37(71)41(84-46-35(69)32(66)25(59)16(6-52)77-46)27(61)20(80-47)10-73-44-36(70)40(83-45-34(68)31(65)24(58)15(5-51)76-45)26(60)19(79-44)9-72-43-33(67)30(64)23(57)14(4-50)75-43/h11,14-47,50-54,57-71H,4-10H2,1-3H3,(H,48,55)(H,49,56)/t11-,14?,15-,16-,17?,18?,19?,20?,21?,22?,23+,24+,25+,26+,27+,28+,29+,30-,31?,32?,33?,34?,35?,36?,37?,38+,39+,40-,41-,42-,43-,44-,45+,46+,47-/m0/s1. The highest BCUT2D eigenvalue weighted by Crippen LogP contribution is 2.37. The number of hydrogen-bond acceptors (Lipinski definition) is 35. The molecule has 2 amide bonds. The summed E-state index contributed by atoms with van der Waals surface area (Å²) in [6.45, 7) is -2.89. The maximum atomic E-state index is 12.7. The van der Waals surface area contributed by atoms with Crippen LogP contribution in [0.25, 0.3) is 0 Å². The second-order valence-corrected chi connectivity index (χ2v) is 21.4. The van der Waals surface area contributed by atoms with E-state index in [0.717, 1.165) is 13.8 Å². The monoisotopic (exact) mass is 1230 g/mol. The van der Waals surface area contributed by atoms with E-state index in [-0.39, 0.29) is 0 Å². The van der Waals surface area contributed by atoms with Crippen molar-refractivity contribution in [3.8, 4) is 0 Å². The fraction of sp³-hybridized carbons (Fsp3) is 0.957. The molecule has 7 fully saturated rings. The first-order valence-electron chi connectivity index (χ1n) is 26.9. The van der Waals surface area contributed by atoms with Crippen LogP contribution in [0.1, 0.15) is 20.8 Å². The van der Waals surface area contributed by atoms with Crippen LogP contribution in [0.4, 0.5) is 0 Å². The molecule has 0 aromatic rings. The molecule has 0 spiro atoms. The third-order valence-corrected chi connectivity index (χ3v) is 15.6. The molecular weight excluding hydrogens is 1150 g/mol. The molecule has 35 atom stereocenters. The zero-order valence-corrected chi connectivity index (χ0v) is 45.2. The van der Waals surface area contributed by atoms with Gasteiger partial charge in [0.15, 0.2) is 37.7 Å². The summed E-state index contributed by atoms with van der Waals surface area (Å²) in [6, 6.07) is -2.86. The van der Waals surface area contributed by atoms with Gasteiger partial charge in [0.05, 0.1) is 58.4 Å². The number of aliphatic hydroxyl groups excluding tert-OH is 20. The highest BCUT2D eigenvalue weighted by atomic mass is 16.8. The smallest absolute Gasteiger partial charge is 0.217 e. The number of amides is 2. The Labute approximate surface area is 476 Å². The quantitative estimate of drug-likeness (QED) is 0.0507. The highest BCUT2D eigenvalue weighted by Gasteiger charge is 2.58. The summed E-state index contributed by atoms with van der Waals surface area (Å²) in [5.74, 6) is -1.41. The molecule has 0 aromatic heterocycles. The first-order valence-corrected chi connectivity index (χ1v) is 26.9. The van der Waals surface area contributed by atoms with Gasteiger partial charge in [-0.15, -0.1) is 0 Å². The highest BCUT2D eigenvalue weighted by molar-refractivity contribution is 5.73. The molecular formula is C47H80N2O35. The number of carbonyl (C=O) groups is 2. The Balaban J connectivity index is 1.17. The lowest BCUT2D eigenvalue weighted by Gasteiger charge is -2.50. The van der Waals surface area contributed by atoms with Crippen molar-refractivity contribution >= 4 is 11.8 Å². The maximum Gasteiger partial charge on any atom is 0.217 e. The lowest BCUT2D eigenvalue weighted by Crippen LogP contribution is -2.70. The molecule has 7 rings (SSSR count). The van der Waals surface area contributed by atoms with Gasteiger partial charge in [-0.05, 0) is 6.92 Å². The van der Waals surface area contributed by atoms with Crippen LogP contribution in [0.2, 0.25) is 0 Å². The Hall–Kier alpha value is -2.38. The third-order valence-electron chi connectivity index (χ3n) is 15.6. The molecule has 0 radical (unpaired) electrons. The largest absolute Gasteiger partial charge is 0.394 e. The number of ether oxygens (including phenoxy) is 13. The number of aliphatic hydroxyl groups is 20. The van der Waals surface area contributed by atoms with Gasteiger partial charge >= 0.3 is 0 Å². The predicted molar refractivity (Wildman–Crippen MR) is 258 cm³/mol. The average Bonchev–Trinajstić information content (AvgIpc) is 1.63. The molecule has 488 valence electrons. The Morgan fingerprint density at radius 2 is 0.619 bits per heavy atom. The average molecular weight is 1230 g/mol. The summed E-state index contributed by atoms with van der Waals surface area (Å²) in [6.07, 6.45) is -62.9. The molecule has 14 unspecified atom stereocenters. The van der Waals surface area contributed by atoms with Crippen LogP contribution in [0.5, 0.6) is 0 Å². The predicted octanol–water partition coefficient (Wildman–Crippen LogP) is -14.9. The SMILES string of the molecule is CC(=O)NC1[C@H](O[C@@H]2C(CO)O[C@@H](C)C(NC(C)=O)[C@H]2O)OC(CO)[C@@H](O[C@@H]2OC(CO[C@H]3OC(CO[C@H]4OC(CO)[C@@H](O)[C@H](O)C4O)[C@@H](O)[C@H](O[C@H]4O[C@@H](CO)[C@@H](O)C(O)C4O)C3O)[C@@H](O)[C@H](O[C@H]3O[C@@H](CO)[C@@H](O)C(O)C3O)C2O)[C@@H]1O. The van der Waals surface area contributed by atoms with E-state index in [2.05, 4.69) is 10.6 Å². The van der Waals surface area contributed by atoms with Gasteiger partial charge in [0.25, 0.3) is 0 Å². The van der Waals surface area contributed by atoms with Gasteiger partial charge in [-0.2, -0.15) is 0 Å². The summed E-state index contributed by atoms with van der Waals surface area (Å²) < 4.78 is 75.1. The van der Waals surface area contributed by atoms with Crippen LogP contribution in [0, 0.1) is 0 Å². The van der Waals surface area contributed by atoms with Gasteiger partial charge in [-0.1, -0.05) is 0 Å². The van der Waals surface area contributed by atoms with Gasteiger partial charge in [-0.25, -0.2) is 0 Å². The van der Waals surface area contributed by atoms with Crippen LogP contribution in [-0.4, -0.2) is 375 Å². The summed E-state index contributed by atoms with van der Waals surface area (Å²) in [7, 11) is 0. The Morgan fingerprint density at radius 1 is 0.321 bits per heavy atom. The molecule has 0 aromatic carbocycles. The van der Waals surface area contributed by atoms with Crippen LogP contribution in [0.3, 0.4) is 0 Å². The number of carbonyl (C=O) groups excluding carboxylic acids is 2. The molecule has 37 nitrogen and oxygen atoms in total. The maximum absolute atomic E-state index is 12.7. The van der Waals surface area contributed by atoms with Crippen molar-refractivity contribution in [2.75, 3.05) is 46.2 Å². The number of nitrogens with one attached hydrogen (secondary N) is 2. The van der Waals surface area contributed by atoms with Crippen LogP contribution in [-0.2, 0) is 71.2 Å². The Morgan fingerprint density at radius 3 is 1.05 bits per heavy atom. The lowest BCUT2D eigenvalue weighted by molar-refractivity contribution is -0.387. The second-order valence-electron chi connectivity index (χ2n) is 21.4. The second kappa shape index (κ2) is 30.0. The van der Waals surface area contributed by atoms with Crippen molar-refractivity contribution in [2.24, 2.45) is 0 Å². The van der Waals surface area contributed by atoms with Crippen molar-refractivity contribution in [3.63, 3.8) is 0 Å². The minimum absolute atomic E-state index is 0.578. The number of hydrogen-bond donors (Lipinski definition) is 22. The molecule has 7 aliphatic heterocycles. The fourth-order valence-electron chi connectivity index (χ4n) is 10.8. The molecule has 22 N–H and O–H groups in total. The zero-order valence-electron chi connectivity index (χ0n) is 45.2. The van der Waals surface area contributed by atoms with E-state index in [0.29, 0.717) is 0 Å². The van der Waals surface area contributed by atoms with E-state index < -0.39 is 273 Å². The molecule has 0 saturated carbocycles. The van der Waals surface area contributed by atoms with Gasteiger partial charge in [0, 0.05) is 13.8 Å². The van der Waals surface area contributed by atoms with Gasteiger partial charge < -0.3 is 174 Å². The van der Waals surface area contributed by atoms with Crippen LogP contribution >= 0.6 is 0 Å². The van der Waals surface area contributed by atoms with E-state index in [9.17, 15) is 112 Å². The van der Waals surface area contributed by atoms with Crippen LogP contribution < -0.4 is 10.6 Å². The molecule has 7 aliphatic rings. The summed E-state index contributed by atoms with van der Waals surface area (Å²) >= 11 is 0. The summed E-state index contributed by atoms with van der Waals surface area (Å²) in [4.78, 5) is 24.8. The van der Waals surface area contributed by atoms with E-state index in [1.54, 1.807) is 0 Å². The van der Waals surface area contributed by atoms with Crippen molar-refractivity contribution in [2.45, 2.75) is 235 Å². The minimum atomic E-state index is -2.32. The topological polar surface area (TPSA) is 583 Å². The molecule has 0 bridgehead atoms. The van der Waals surface area contributed by atoms with E-state index in [1.165, 1.54) is 6.92 Å². The lowest BCUT2D eigenvalue weighted by atomic mass is 9.92. The molecule has 7 heterocycles. The fourth-order valence-corrected chi connectivity index (χ4v) is 10.8. The summed E-state index contributed by atoms with van der Waals surface area (Å²) in [5.41, 5.74) is 0. The van der Waals surface area contributed by atoms with Crippen molar-refractivity contribution in [3.05, 3.63) is 0 Å². The normalized spacial score (nSPS) is 50.3. The van der Waals surface area contributed by atoms with Crippen molar-refractivity contribution in [1.82, 2.24) is 10.6 Å². The van der Waals surface area contributed by atoms with Gasteiger partial charge in [-0.3, -0.25) is 9.59 Å². The van der Waals surface area contributed by atoms with E-state index in [1.807, 2.05) is 0 Å². The zero-order chi connectivity index (χ0) is 61.9.